The maximum absolute atomic E-state index is 11.9. The molecular weight excluding hydrogens is 212 g/mol. The van der Waals surface area contributed by atoms with Crippen molar-refractivity contribution < 1.29 is 4.79 Å². The molecule has 1 amide bonds. The van der Waals surface area contributed by atoms with Crippen molar-refractivity contribution >= 4 is 5.91 Å². The number of carbonyl (C=O) groups excluding carboxylic acids is 1. The molecule has 1 fully saturated rings. The normalized spacial score (nSPS) is 24.3. The molecule has 0 aliphatic heterocycles. The number of hydrogen-bond donors (Lipinski definition) is 2. The Hall–Kier alpha value is -1.35. The molecule has 1 aromatic rings. The minimum absolute atomic E-state index is 0.0820. The average Bonchev–Trinajstić information content (AvgIpc) is 2.33. The highest BCUT2D eigenvalue weighted by Gasteiger charge is 2.22. The smallest absolute Gasteiger partial charge is 0.224 e. The standard InChI is InChI=1S/C14H20N2O/c15-12-8-4-5-9-13(12)16-14(17)10-11-6-2-1-3-7-11/h1-3,6-7,12-13H,4-5,8-10,15H2,(H,16,17)/t12-,13+/m1/s1. The van der Waals surface area contributed by atoms with Crippen LogP contribution in [-0.2, 0) is 11.2 Å². The van der Waals surface area contributed by atoms with Gasteiger partial charge in [0.05, 0.1) is 6.42 Å². The second kappa shape index (κ2) is 5.82. The van der Waals surface area contributed by atoms with Gasteiger partial charge < -0.3 is 11.1 Å². The average molecular weight is 232 g/mol. The molecule has 0 heterocycles. The van der Waals surface area contributed by atoms with Crippen LogP contribution >= 0.6 is 0 Å². The lowest BCUT2D eigenvalue weighted by atomic mass is 9.91. The second-order valence-corrected chi connectivity index (χ2v) is 4.78. The van der Waals surface area contributed by atoms with Gasteiger partial charge in [0.25, 0.3) is 0 Å². The Labute approximate surface area is 102 Å². The van der Waals surface area contributed by atoms with E-state index in [1.165, 1.54) is 12.8 Å². The molecule has 0 radical (unpaired) electrons. The van der Waals surface area contributed by atoms with Crippen LogP contribution in [-0.4, -0.2) is 18.0 Å². The highest BCUT2D eigenvalue weighted by Crippen LogP contribution is 2.16. The number of hydrogen-bond acceptors (Lipinski definition) is 2. The maximum atomic E-state index is 11.9. The molecule has 0 aromatic heterocycles. The first kappa shape index (κ1) is 12.1. The molecule has 1 saturated carbocycles. The monoisotopic (exact) mass is 232 g/mol. The van der Waals surface area contributed by atoms with E-state index in [-0.39, 0.29) is 18.0 Å². The summed E-state index contributed by atoms with van der Waals surface area (Å²) in [5, 5.41) is 3.05. The fraction of sp³-hybridized carbons (Fsp3) is 0.500. The molecule has 1 aromatic carbocycles. The van der Waals surface area contributed by atoms with Crippen molar-refractivity contribution in [3.63, 3.8) is 0 Å². The zero-order valence-corrected chi connectivity index (χ0v) is 10.1. The fourth-order valence-corrected chi connectivity index (χ4v) is 2.38. The molecule has 2 atom stereocenters. The van der Waals surface area contributed by atoms with Crippen molar-refractivity contribution in [3.8, 4) is 0 Å². The van der Waals surface area contributed by atoms with Gasteiger partial charge in [0, 0.05) is 12.1 Å². The minimum atomic E-state index is 0.0820. The van der Waals surface area contributed by atoms with Crippen LogP contribution < -0.4 is 11.1 Å². The van der Waals surface area contributed by atoms with Crippen LogP contribution in [0.2, 0.25) is 0 Å². The van der Waals surface area contributed by atoms with Gasteiger partial charge in [-0.05, 0) is 18.4 Å². The number of carbonyl (C=O) groups is 1. The molecule has 0 spiro atoms. The van der Waals surface area contributed by atoms with E-state index in [0.717, 1.165) is 18.4 Å². The van der Waals surface area contributed by atoms with Crippen LogP contribution in [0, 0.1) is 0 Å². The Kier molecular flexibility index (Phi) is 4.15. The number of benzene rings is 1. The summed E-state index contributed by atoms with van der Waals surface area (Å²) in [5.74, 6) is 0.0820. The first-order chi connectivity index (χ1) is 8.25. The van der Waals surface area contributed by atoms with Crippen LogP contribution in [0.3, 0.4) is 0 Å². The van der Waals surface area contributed by atoms with Crippen molar-refractivity contribution in [1.82, 2.24) is 5.32 Å². The van der Waals surface area contributed by atoms with Crippen molar-refractivity contribution in [1.29, 1.82) is 0 Å². The van der Waals surface area contributed by atoms with E-state index in [9.17, 15) is 4.79 Å². The Morgan fingerprint density at radius 2 is 1.94 bits per heavy atom. The molecule has 1 aliphatic carbocycles. The predicted octanol–water partition coefficient (Wildman–Crippen LogP) is 1.62. The summed E-state index contributed by atoms with van der Waals surface area (Å²) in [7, 11) is 0. The zero-order chi connectivity index (χ0) is 12.1. The van der Waals surface area contributed by atoms with Gasteiger partial charge in [0.1, 0.15) is 0 Å². The molecule has 2 rings (SSSR count). The number of nitrogens with two attached hydrogens (primary N) is 1. The van der Waals surface area contributed by atoms with E-state index in [4.69, 9.17) is 5.73 Å². The first-order valence-corrected chi connectivity index (χ1v) is 6.34. The van der Waals surface area contributed by atoms with E-state index in [0.29, 0.717) is 6.42 Å². The van der Waals surface area contributed by atoms with Gasteiger partial charge in [0.2, 0.25) is 5.91 Å². The molecule has 0 unspecified atom stereocenters. The quantitative estimate of drug-likeness (QED) is 0.832. The van der Waals surface area contributed by atoms with Crippen LogP contribution in [0.4, 0.5) is 0 Å². The third-order valence-electron chi connectivity index (χ3n) is 3.37. The van der Waals surface area contributed by atoms with E-state index < -0.39 is 0 Å². The lowest BCUT2D eigenvalue weighted by molar-refractivity contribution is -0.121. The van der Waals surface area contributed by atoms with E-state index >= 15 is 0 Å². The Bertz CT molecular complexity index is 364. The maximum Gasteiger partial charge on any atom is 0.224 e. The largest absolute Gasteiger partial charge is 0.352 e. The summed E-state index contributed by atoms with van der Waals surface area (Å²) in [6.45, 7) is 0. The highest BCUT2D eigenvalue weighted by atomic mass is 16.1. The molecule has 92 valence electrons. The van der Waals surface area contributed by atoms with Gasteiger partial charge >= 0.3 is 0 Å². The van der Waals surface area contributed by atoms with Crippen LogP contribution in [0.25, 0.3) is 0 Å². The number of nitrogens with one attached hydrogen (secondary N) is 1. The second-order valence-electron chi connectivity index (χ2n) is 4.78. The predicted molar refractivity (Wildman–Crippen MR) is 68.5 cm³/mol. The van der Waals surface area contributed by atoms with E-state index in [1.54, 1.807) is 0 Å². The summed E-state index contributed by atoms with van der Waals surface area (Å²) >= 11 is 0. The highest BCUT2D eigenvalue weighted by molar-refractivity contribution is 5.78. The lowest BCUT2D eigenvalue weighted by Crippen LogP contribution is -2.49. The van der Waals surface area contributed by atoms with Gasteiger partial charge in [-0.2, -0.15) is 0 Å². The van der Waals surface area contributed by atoms with Crippen LogP contribution in [0.1, 0.15) is 31.2 Å². The Balaban J connectivity index is 1.84. The summed E-state index contributed by atoms with van der Waals surface area (Å²) in [6.07, 6.45) is 4.85. The van der Waals surface area contributed by atoms with Gasteiger partial charge in [-0.15, -0.1) is 0 Å². The van der Waals surface area contributed by atoms with E-state index in [1.807, 2.05) is 30.3 Å². The number of amides is 1. The summed E-state index contributed by atoms with van der Waals surface area (Å²) < 4.78 is 0. The molecule has 0 bridgehead atoms. The third kappa shape index (κ3) is 3.56. The van der Waals surface area contributed by atoms with Gasteiger partial charge in [0.15, 0.2) is 0 Å². The summed E-state index contributed by atoms with van der Waals surface area (Å²) in [4.78, 5) is 11.9. The van der Waals surface area contributed by atoms with Gasteiger partial charge in [-0.3, -0.25) is 4.79 Å². The summed E-state index contributed by atoms with van der Waals surface area (Å²) in [5.41, 5.74) is 7.06. The van der Waals surface area contributed by atoms with Crippen LogP contribution in [0.5, 0.6) is 0 Å². The fourth-order valence-electron chi connectivity index (χ4n) is 2.38. The molecule has 0 saturated heterocycles. The van der Waals surface area contributed by atoms with Crippen molar-refractivity contribution in [2.75, 3.05) is 0 Å². The molecule has 3 heteroatoms. The third-order valence-corrected chi connectivity index (χ3v) is 3.37. The minimum Gasteiger partial charge on any atom is -0.352 e. The molecule has 3 nitrogen and oxygen atoms in total. The number of rotatable bonds is 3. The molecule has 1 aliphatic rings. The van der Waals surface area contributed by atoms with Gasteiger partial charge in [-0.1, -0.05) is 43.2 Å². The molecule has 17 heavy (non-hydrogen) atoms. The van der Waals surface area contributed by atoms with Crippen molar-refractivity contribution in [3.05, 3.63) is 35.9 Å². The zero-order valence-electron chi connectivity index (χ0n) is 10.1. The summed E-state index contributed by atoms with van der Waals surface area (Å²) in [6, 6.07) is 10.1. The van der Waals surface area contributed by atoms with Crippen molar-refractivity contribution in [2.24, 2.45) is 5.73 Å². The molecular formula is C14H20N2O. The van der Waals surface area contributed by atoms with Crippen LogP contribution in [0.15, 0.2) is 30.3 Å². The first-order valence-electron chi connectivity index (χ1n) is 6.34. The van der Waals surface area contributed by atoms with Crippen molar-refractivity contribution in [2.45, 2.75) is 44.2 Å². The van der Waals surface area contributed by atoms with Gasteiger partial charge in [-0.25, -0.2) is 0 Å². The molecule has 3 N–H and O–H groups in total. The Morgan fingerprint density at radius 1 is 1.24 bits per heavy atom. The SMILES string of the molecule is N[C@@H]1CCCC[C@@H]1NC(=O)Cc1ccccc1. The topological polar surface area (TPSA) is 55.1 Å². The van der Waals surface area contributed by atoms with E-state index in [2.05, 4.69) is 5.32 Å². The Morgan fingerprint density at radius 3 is 2.65 bits per heavy atom. The lowest BCUT2D eigenvalue weighted by Gasteiger charge is -2.29.